The summed E-state index contributed by atoms with van der Waals surface area (Å²) in [5.41, 5.74) is 0. The summed E-state index contributed by atoms with van der Waals surface area (Å²) in [6.07, 6.45) is 3.69. The number of carbonyl (C=O) groups is 2. The summed E-state index contributed by atoms with van der Waals surface area (Å²) in [5, 5.41) is -0.244. The number of esters is 2. The third kappa shape index (κ3) is 2.63. The minimum Gasteiger partial charge on any atom is -0.467 e. The molecule has 0 saturated carbocycles. The van der Waals surface area contributed by atoms with Gasteiger partial charge in [-0.25, -0.2) is 9.59 Å². The van der Waals surface area contributed by atoms with Crippen molar-refractivity contribution in [3.8, 4) is 0 Å². The van der Waals surface area contributed by atoms with Crippen molar-refractivity contribution >= 4 is 35.5 Å². The predicted octanol–water partition coefficient (Wildman–Crippen LogP) is 1.50. The number of carbonyl (C=O) groups excluding carboxylic acids is 2. The molecule has 4 nitrogen and oxygen atoms in total. The largest absolute Gasteiger partial charge is 0.467 e. The van der Waals surface area contributed by atoms with Crippen LogP contribution in [-0.2, 0) is 19.1 Å². The molecule has 0 N–H and O–H groups in total. The van der Waals surface area contributed by atoms with Crippen molar-refractivity contribution in [3.05, 3.63) is 12.2 Å². The minimum absolute atomic E-state index is 0.244. The van der Waals surface area contributed by atoms with Crippen LogP contribution in [0, 0.1) is 0 Å². The summed E-state index contributed by atoms with van der Waals surface area (Å²) >= 11 is 2.88. The van der Waals surface area contributed by atoms with Crippen LogP contribution >= 0.6 is 23.5 Å². The number of allylic oxidation sites excluding steroid dienone is 1. The molecule has 0 spiro atoms. The molecule has 1 unspecified atom stereocenters. The Morgan fingerprint density at radius 1 is 1.24 bits per heavy atom. The average Bonchev–Trinajstić information content (AvgIpc) is 2.38. The second-order valence-corrected chi connectivity index (χ2v) is 5.97. The molecule has 1 saturated heterocycles. The predicted molar refractivity (Wildman–Crippen MR) is 70.3 cm³/mol. The number of hydrogen-bond donors (Lipinski definition) is 0. The Kier molecular flexibility index (Phi) is 5.39. The zero-order chi connectivity index (χ0) is 12.9. The third-order valence-corrected chi connectivity index (χ3v) is 5.62. The summed E-state index contributed by atoms with van der Waals surface area (Å²) in [6, 6.07) is 0. The van der Waals surface area contributed by atoms with Crippen LogP contribution in [0.4, 0.5) is 0 Å². The molecule has 0 aliphatic carbocycles. The summed E-state index contributed by atoms with van der Waals surface area (Å²) in [4.78, 5) is 24.0. The van der Waals surface area contributed by atoms with E-state index in [2.05, 4.69) is 0 Å². The lowest BCUT2D eigenvalue weighted by atomic mass is 10.0. The first-order valence-corrected chi connectivity index (χ1v) is 7.22. The van der Waals surface area contributed by atoms with Gasteiger partial charge in [0.2, 0.25) is 4.75 Å². The fourth-order valence-corrected chi connectivity index (χ4v) is 4.72. The quantitative estimate of drug-likeness (QED) is 0.442. The maximum Gasteiger partial charge on any atom is 0.335 e. The first-order chi connectivity index (χ1) is 8.13. The zero-order valence-electron chi connectivity index (χ0n) is 10.1. The van der Waals surface area contributed by atoms with Crippen molar-refractivity contribution in [2.24, 2.45) is 0 Å². The van der Waals surface area contributed by atoms with Gasteiger partial charge in [0.1, 0.15) is 0 Å². The maximum absolute atomic E-state index is 12.0. The van der Waals surface area contributed by atoms with E-state index in [1.165, 1.54) is 26.0 Å². The molecule has 6 heteroatoms. The molecule has 0 amide bonds. The lowest BCUT2D eigenvalue weighted by Crippen LogP contribution is -2.54. The highest BCUT2D eigenvalue weighted by Crippen LogP contribution is 2.43. The first-order valence-electron chi connectivity index (χ1n) is 5.18. The highest BCUT2D eigenvalue weighted by Gasteiger charge is 2.56. The molecule has 96 valence electrons. The van der Waals surface area contributed by atoms with Crippen molar-refractivity contribution in [2.45, 2.75) is 16.9 Å². The molecule has 0 aromatic carbocycles. The van der Waals surface area contributed by atoms with E-state index in [4.69, 9.17) is 9.47 Å². The summed E-state index contributed by atoms with van der Waals surface area (Å²) < 4.78 is 8.30. The van der Waals surface area contributed by atoms with Gasteiger partial charge in [-0.1, -0.05) is 12.2 Å². The molecule has 0 radical (unpaired) electrons. The van der Waals surface area contributed by atoms with Crippen LogP contribution in [0.2, 0.25) is 0 Å². The highest BCUT2D eigenvalue weighted by atomic mass is 32.2. The Morgan fingerprint density at radius 2 is 1.82 bits per heavy atom. The molecule has 0 bridgehead atoms. The van der Waals surface area contributed by atoms with Gasteiger partial charge in [-0.2, -0.15) is 11.8 Å². The molecule has 1 atom stereocenters. The number of hydrogen-bond acceptors (Lipinski definition) is 6. The SMILES string of the molecule is C/C=C/C1SCCSC1(C(=O)OC)C(=O)OC. The van der Waals surface area contributed by atoms with E-state index in [1.807, 2.05) is 19.1 Å². The van der Waals surface area contributed by atoms with Crippen LogP contribution in [0.5, 0.6) is 0 Å². The van der Waals surface area contributed by atoms with Gasteiger partial charge in [0, 0.05) is 11.5 Å². The van der Waals surface area contributed by atoms with Crippen molar-refractivity contribution in [2.75, 3.05) is 25.7 Å². The Hall–Kier alpha value is -0.620. The number of thioether (sulfide) groups is 2. The standard InChI is InChI=1S/C11H16O4S2/c1-4-5-8-11(9(12)14-2,10(13)15-3)17-7-6-16-8/h4-5,8H,6-7H2,1-3H3/b5-4+. The highest BCUT2D eigenvalue weighted by molar-refractivity contribution is 8.08. The van der Waals surface area contributed by atoms with E-state index in [1.54, 1.807) is 11.8 Å². The van der Waals surface area contributed by atoms with E-state index in [0.717, 1.165) is 11.5 Å². The van der Waals surface area contributed by atoms with Crippen LogP contribution in [0.1, 0.15) is 6.92 Å². The fourth-order valence-electron chi connectivity index (χ4n) is 1.68. The second kappa shape index (κ2) is 6.35. The van der Waals surface area contributed by atoms with E-state index in [9.17, 15) is 9.59 Å². The molecule has 1 aliphatic rings. The van der Waals surface area contributed by atoms with E-state index in [-0.39, 0.29) is 5.25 Å². The van der Waals surface area contributed by atoms with Gasteiger partial charge < -0.3 is 9.47 Å². The molecule has 17 heavy (non-hydrogen) atoms. The zero-order valence-corrected chi connectivity index (χ0v) is 11.7. The van der Waals surface area contributed by atoms with Crippen molar-refractivity contribution in [1.29, 1.82) is 0 Å². The van der Waals surface area contributed by atoms with Crippen molar-refractivity contribution in [1.82, 2.24) is 0 Å². The molecule has 0 aromatic heterocycles. The minimum atomic E-state index is -1.26. The number of rotatable bonds is 3. The van der Waals surface area contributed by atoms with Gasteiger partial charge in [0.05, 0.1) is 19.5 Å². The Bertz CT molecular complexity index is 311. The Morgan fingerprint density at radius 3 is 2.29 bits per heavy atom. The van der Waals surface area contributed by atoms with E-state index >= 15 is 0 Å². The van der Waals surface area contributed by atoms with E-state index < -0.39 is 16.7 Å². The van der Waals surface area contributed by atoms with Gasteiger partial charge in [0.25, 0.3) is 0 Å². The molecule has 0 aromatic rings. The summed E-state index contributed by atoms with van der Waals surface area (Å²) in [6.45, 7) is 1.86. The molecular formula is C11H16O4S2. The molecular weight excluding hydrogens is 260 g/mol. The lowest BCUT2D eigenvalue weighted by Gasteiger charge is -2.36. The lowest BCUT2D eigenvalue weighted by molar-refractivity contribution is -0.155. The van der Waals surface area contributed by atoms with Crippen LogP contribution in [-0.4, -0.2) is 47.7 Å². The number of methoxy groups -OCH3 is 2. The fraction of sp³-hybridized carbons (Fsp3) is 0.636. The Balaban J connectivity index is 3.16. The smallest absolute Gasteiger partial charge is 0.335 e. The van der Waals surface area contributed by atoms with Crippen molar-refractivity contribution < 1.29 is 19.1 Å². The summed E-state index contributed by atoms with van der Waals surface area (Å²) in [5.74, 6) is 0.549. The normalized spacial score (nSPS) is 23.4. The Labute approximate surface area is 109 Å². The average molecular weight is 276 g/mol. The van der Waals surface area contributed by atoms with Crippen LogP contribution < -0.4 is 0 Å². The van der Waals surface area contributed by atoms with Crippen molar-refractivity contribution in [3.63, 3.8) is 0 Å². The number of ether oxygens (including phenoxy) is 2. The molecule has 1 heterocycles. The molecule has 1 rings (SSSR count). The molecule has 1 fully saturated rings. The van der Waals surface area contributed by atoms with Crippen LogP contribution in [0.3, 0.4) is 0 Å². The van der Waals surface area contributed by atoms with Crippen LogP contribution in [0.25, 0.3) is 0 Å². The first kappa shape index (κ1) is 14.4. The topological polar surface area (TPSA) is 52.6 Å². The summed E-state index contributed by atoms with van der Waals surface area (Å²) in [7, 11) is 2.58. The van der Waals surface area contributed by atoms with Crippen LogP contribution in [0.15, 0.2) is 12.2 Å². The maximum atomic E-state index is 12.0. The van der Waals surface area contributed by atoms with Gasteiger partial charge in [-0.15, -0.1) is 11.8 Å². The second-order valence-electron chi connectivity index (χ2n) is 3.38. The van der Waals surface area contributed by atoms with Gasteiger partial charge in [-0.05, 0) is 6.92 Å². The van der Waals surface area contributed by atoms with Gasteiger partial charge >= 0.3 is 11.9 Å². The van der Waals surface area contributed by atoms with E-state index in [0.29, 0.717) is 0 Å². The van der Waals surface area contributed by atoms with Gasteiger partial charge in [-0.3, -0.25) is 0 Å². The third-order valence-electron chi connectivity index (χ3n) is 2.46. The monoisotopic (exact) mass is 276 g/mol. The van der Waals surface area contributed by atoms with Gasteiger partial charge in [0.15, 0.2) is 0 Å². The molecule has 1 aliphatic heterocycles.